The average Bonchev–Trinajstić information content (AvgIpc) is 2.77. The van der Waals surface area contributed by atoms with E-state index < -0.39 is 6.03 Å². The van der Waals surface area contributed by atoms with Crippen molar-refractivity contribution in [1.29, 1.82) is 0 Å². The summed E-state index contributed by atoms with van der Waals surface area (Å²) in [6, 6.07) is 4.37. The first-order chi connectivity index (χ1) is 7.66. The molecule has 0 saturated carbocycles. The van der Waals surface area contributed by atoms with Gasteiger partial charge in [-0.15, -0.1) is 0 Å². The second kappa shape index (κ2) is 4.51. The van der Waals surface area contributed by atoms with Gasteiger partial charge in [-0.2, -0.15) is 9.78 Å². The van der Waals surface area contributed by atoms with E-state index in [9.17, 15) is 4.79 Å². The second-order valence-electron chi connectivity index (χ2n) is 2.90. The van der Waals surface area contributed by atoms with Crippen LogP contribution in [0.2, 0.25) is 10.0 Å². The second-order valence-corrected chi connectivity index (χ2v) is 3.71. The summed E-state index contributed by atoms with van der Waals surface area (Å²) >= 11 is 11.5. The van der Waals surface area contributed by atoms with Crippen molar-refractivity contribution in [3.63, 3.8) is 0 Å². The van der Waals surface area contributed by atoms with Crippen LogP contribution in [0.4, 0.5) is 10.5 Å². The zero-order chi connectivity index (χ0) is 11.5. The maximum atomic E-state index is 11.5. The van der Waals surface area contributed by atoms with Gasteiger partial charge in [0.1, 0.15) is 12.7 Å². The van der Waals surface area contributed by atoms with E-state index in [0.717, 1.165) is 4.68 Å². The van der Waals surface area contributed by atoms with Gasteiger partial charge in [0.15, 0.2) is 0 Å². The smallest absolute Gasteiger partial charge is 0.306 e. The predicted octanol–water partition coefficient (Wildman–Crippen LogP) is 2.67. The first-order valence-electron chi connectivity index (χ1n) is 4.28. The average molecular weight is 257 g/mol. The van der Waals surface area contributed by atoms with Gasteiger partial charge in [0.2, 0.25) is 0 Å². The molecule has 82 valence electrons. The number of halogens is 2. The highest BCUT2D eigenvalue weighted by Crippen LogP contribution is 2.24. The largest absolute Gasteiger partial charge is 0.348 e. The number of anilines is 1. The minimum atomic E-state index is -0.420. The van der Waals surface area contributed by atoms with Gasteiger partial charge < -0.3 is 5.32 Å². The number of rotatable bonds is 1. The van der Waals surface area contributed by atoms with Crippen molar-refractivity contribution in [2.24, 2.45) is 0 Å². The third-order valence-corrected chi connectivity index (χ3v) is 2.54. The van der Waals surface area contributed by atoms with Crippen LogP contribution in [-0.4, -0.2) is 20.8 Å². The molecule has 1 heterocycles. The molecule has 0 unspecified atom stereocenters. The fraction of sp³-hybridized carbons (Fsp3) is 0. The fourth-order valence-corrected chi connectivity index (χ4v) is 1.37. The Hall–Kier alpha value is -1.59. The number of benzene rings is 1. The van der Waals surface area contributed by atoms with E-state index in [1.807, 2.05) is 0 Å². The van der Waals surface area contributed by atoms with Crippen LogP contribution < -0.4 is 5.32 Å². The van der Waals surface area contributed by atoms with Crippen LogP contribution in [-0.2, 0) is 0 Å². The van der Waals surface area contributed by atoms with Gasteiger partial charge in [0, 0.05) is 5.69 Å². The van der Waals surface area contributed by atoms with E-state index in [-0.39, 0.29) is 0 Å². The van der Waals surface area contributed by atoms with Gasteiger partial charge in [0.05, 0.1) is 10.0 Å². The lowest BCUT2D eigenvalue weighted by Crippen LogP contribution is -2.19. The summed E-state index contributed by atoms with van der Waals surface area (Å²) in [6.45, 7) is 0. The van der Waals surface area contributed by atoms with Crippen LogP contribution in [0.5, 0.6) is 0 Å². The predicted molar refractivity (Wildman–Crippen MR) is 60.9 cm³/mol. The molecule has 1 N–H and O–H groups in total. The first kappa shape index (κ1) is 10.9. The van der Waals surface area contributed by atoms with Crippen molar-refractivity contribution in [2.75, 3.05) is 5.32 Å². The maximum absolute atomic E-state index is 11.5. The van der Waals surface area contributed by atoms with Crippen molar-refractivity contribution in [3.8, 4) is 0 Å². The van der Waals surface area contributed by atoms with Crippen LogP contribution in [0.1, 0.15) is 0 Å². The summed E-state index contributed by atoms with van der Waals surface area (Å²) in [5.74, 6) is 0. The molecule has 0 fully saturated rings. The molecule has 16 heavy (non-hydrogen) atoms. The van der Waals surface area contributed by atoms with Crippen LogP contribution in [0, 0.1) is 0 Å². The molecular weight excluding hydrogens is 251 g/mol. The van der Waals surface area contributed by atoms with Gasteiger partial charge in [-0.05, 0) is 18.2 Å². The quantitative estimate of drug-likeness (QED) is 0.854. The molecule has 0 spiro atoms. The zero-order valence-corrected chi connectivity index (χ0v) is 9.40. The Morgan fingerprint density at radius 1 is 1.31 bits per heavy atom. The van der Waals surface area contributed by atoms with Gasteiger partial charge in [0.25, 0.3) is 0 Å². The number of hydrogen-bond donors (Lipinski definition) is 1. The SMILES string of the molecule is O=C(Nc1ccc(Cl)c(Cl)c1)n1cncn1. The Morgan fingerprint density at radius 2 is 2.12 bits per heavy atom. The first-order valence-corrected chi connectivity index (χ1v) is 5.03. The lowest BCUT2D eigenvalue weighted by Gasteiger charge is -2.05. The molecule has 2 aromatic rings. The molecule has 0 aliphatic rings. The Bertz CT molecular complexity index is 512. The van der Waals surface area contributed by atoms with Gasteiger partial charge >= 0.3 is 6.03 Å². The number of carbonyl (C=O) groups excluding carboxylic acids is 1. The molecule has 5 nitrogen and oxygen atoms in total. The Morgan fingerprint density at radius 3 is 2.75 bits per heavy atom. The maximum Gasteiger partial charge on any atom is 0.348 e. The molecule has 7 heteroatoms. The molecule has 0 radical (unpaired) electrons. The third kappa shape index (κ3) is 2.32. The van der Waals surface area contributed by atoms with E-state index in [1.54, 1.807) is 18.2 Å². The summed E-state index contributed by atoms with van der Waals surface area (Å²) < 4.78 is 1.07. The monoisotopic (exact) mass is 256 g/mol. The summed E-state index contributed by atoms with van der Waals surface area (Å²) in [5.41, 5.74) is 0.537. The van der Waals surface area contributed by atoms with Crippen molar-refractivity contribution in [2.45, 2.75) is 0 Å². The minimum absolute atomic E-state index is 0.373. The Labute approximate surface area is 101 Å². The van der Waals surface area contributed by atoms with Crippen LogP contribution in [0.15, 0.2) is 30.9 Å². The van der Waals surface area contributed by atoms with Crippen molar-refractivity contribution in [3.05, 3.63) is 40.9 Å². The van der Waals surface area contributed by atoms with Crippen molar-refractivity contribution in [1.82, 2.24) is 14.8 Å². The fourth-order valence-electron chi connectivity index (χ4n) is 1.07. The van der Waals surface area contributed by atoms with Crippen molar-refractivity contribution >= 4 is 34.9 Å². The molecular formula is C9H6Cl2N4O. The normalized spacial score (nSPS) is 10.1. The molecule has 1 aromatic carbocycles. The minimum Gasteiger partial charge on any atom is -0.306 e. The Balaban J connectivity index is 2.15. The molecule has 0 atom stereocenters. The van der Waals surface area contributed by atoms with Gasteiger partial charge in [-0.3, -0.25) is 0 Å². The van der Waals surface area contributed by atoms with E-state index in [2.05, 4.69) is 15.4 Å². The molecule has 0 aliphatic carbocycles. The number of aromatic nitrogens is 3. The van der Waals surface area contributed by atoms with Crippen LogP contribution in [0.25, 0.3) is 0 Å². The van der Waals surface area contributed by atoms with E-state index in [1.165, 1.54) is 12.7 Å². The number of amides is 1. The molecule has 1 aromatic heterocycles. The Kier molecular flexibility index (Phi) is 3.07. The molecule has 2 rings (SSSR count). The highest BCUT2D eigenvalue weighted by molar-refractivity contribution is 6.42. The number of hydrogen-bond acceptors (Lipinski definition) is 3. The topological polar surface area (TPSA) is 59.8 Å². The highest BCUT2D eigenvalue weighted by atomic mass is 35.5. The summed E-state index contributed by atoms with van der Waals surface area (Å²) in [5, 5.41) is 7.08. The zero-order valence-electron chi connectivity index (χ0n) is 7.89. The van der Waals surface area contributed by atoms with E-state index in [4.69, 9.17) is 23.2 Å². The third-order valence-electron chi connectivity index (χ3n) is 1.80. The summed E-state index contributed by atoms with van der Waals surface area (Å²) in [7, 11) is 0. The number of nitrogens with one attached hydrogen (secondary N) is 1. The van der Waals surface area contributed by atoms with E-state index >= 15 is 0 Å². The highest BCUT2D eigenvalue weighted by Gasteiger charge is 2.06. The molecule has 0 bridgehead atoms. The molecule has 0 aliphatic heterocycles. The van der Waals surface area contributed by atoms with Crippen LogP contribution >= 0.6 is 23.2 Å². The van der Waals surface area contributed by atoms with Crippen molar-refractivity contribution < 1.29 is 4.79 Å². The standard InChI is InChI=1S/C9H6Cl2N4O/c10-7-2-1-6(3-8(7)11)14-9(16)15-5-12-4-13-15/h1-5H,(H,14,16). The summed E-state index contributed by atoms with van der Waals surface area (Å²) in [6.07, 6.45) is 2.57. The lowest BCUT2D eigenvalue weighted by atomic mass is 10.3. The molecule has 1 amide bonds. The van der Waals surface area contributed by atoms with Gasteiger partial charge in [-0.25, -0.2) is 9.78 Å². The molecule has 0 saturated heterocycles. The van der Waals surface area contributed by atoms with Gasteiger partial charge in [-0.1, -0.05) is 23.2 Å². The number of carbonyl (C=O) groups is 1. The lowest BCUT2D eigenvalue weighted by molar-refractivity contribution is 0.251. The van der Waals surface area contributed by atoms with E-state index in [0.29, 0.717) is 15.7 Å². The van der Waals surface area contributed by atoms with Crippen LogP contribution in [0.3, 0.4) is 0 Å². The summed E-state index contributed by atoms with van der Waals surface area (Å²) in [4.78, 5) is 15.2. The number of nitrogens with zero attached hydrogens (tertiary/aromatic N) is 3.